The van der Waals surface area contributed by atoms with E-state index in [1.165, 1.54) is 16.8 Å². The summed E-state index contributed by atoms with van der Waals surface area (Å²) in [6.45, 7) is 0. The Kier molecular flexibility index (Phi) is 3.06. The molecule has 2 aromatic heterocycles. The lowest BCUT2D eigenvalue weighted by molar-refractivity contribution is 0.644. The van der Waals surface area contributed by atoms with Crippen molar-refractivity contribution in [1.29, 1.82) is 0 Å². The van der Waals surface area contributed by atoms with E-state index in [1.54, 1.807) is 0 Å². The summed E-state index contributed by atoms with van der Waals surface area (Å²) >= 11 is 3.78. The van der Waals surface area contributed by atoms with Gasteiger partial charge in [-0.05, 0) is 51.8 Å². The quantitative estimate of drug-likeness (QED) is 0.558. The average Bonchev–Trinajstić information content (AvgIpc) is 3.00. The summed E-state index contributed by atoms with van der Waals surface area (Å²) < 4.78 is 1.09. The van der Waals surface area contributed by atoms with Gasteiger partial charge in [-0.3, -0.25) is 9.97 Å². The van der Waals surface area contributed by atoms with Crippen LogP contribution in [0.25, 0.3) is 11.4 Å². The van der Waals surface area contributed by atoms with Crippen LogP contribution in [0.1, 0.15) is 23.1 Å². The summed E-state index contributed by atoms with van der Waals surface area (Å²) in [7, 11) is 0. The first-order valence-corrected chi connectivity index (χ1v) is 8.76. The maximum atomic E-state index is 4.65. The molecule has 0 fully saturated rings. The van der Waals surface area contributed by atoms with Crippen molar-refractivity contribution in [2.45, 2.75) is 12.0 Å². The van der Waals surface area contributed by atoms with E-state index >= 15 is 0 Å². The molecular weight excluding hydrogens is 362 g/mol. The van der Waals surface area contributed by atoms with Crippen LogP contribution in [0.15, 0.2) is 77.7 Å². The molecule has 24 heavy (non-hydrogen) atoms. The van der Waals surface area contributed by atoms with Crippen molar-refractivity contribution >= 4 is 21.6 Å². The average molecular weight is 376 g/mol. The molecule has 5 rings (SSSR count). The molecule has 1 aliphatic heterocycles. The van der Waals surface area contributed by atoms with E-state index < -0.39 is 0 Å². The maximum absolute atomic E-state index is 4.65. The number of halogens is 1. The Morgan fingerprint density at radius 1 is 0.792 bits per heavy atom. The molecule has 3 aromatic rings. The number of nitrogens with zero attached hydrogens (tertiary/aromatic N) is 3. The zero-order valence-electron chi connectivity index (χ0n) is 12.8. The molecule has 3 heterocycles. The molecule has 0 spiro atoms. The summed E-state index contributed by atoms with van der Waals surface area (Å²) in [5.74, 6) is 0.264. The molecule has 0 N–H and O–H groups in total. The fourth-order valence-electron chi connectivity index (χ4n) is 3.82. The number of aromatic nitrogens is 2. The molecule has 0 radical (unpaired) electrons. The van der Waals surface area contributed by atoms with E-state index in [4.69, 9.17) is 0 Å². The van der Waals surface area contributed by atoms with Crippen LogP contribution in [0.4, 0.5) is 5.69 Å². The highest BCUT2D eigenvalue weighted by atomic mass is 79.9. The number of hydrogen-bond donors (Lipinski definition) is 0. The normalized spacial score (nSPS) is 20.9. The van der Waals surface area contributed by atoms with Gasteiger partial charge in [-0.25, -0.2) is 0 Å². The minimum absolute atomic E-state index is 0.196. The predicted molar refractivity (Wildman–Crippen MR) is 98.9 cm³/mol. The van der Waals surface area contributed by atoms with Crippen LogP contribution in [0.2, 0.25) is 0 Å². The number of benzene rings is 1. The first kappa shape index (κ1) is 13.9. The second-order valence-electron chi connectivity index (χ2n) is 6.05. The monoisotopic (exact) mass is 375 g/mol. The zero-order valence-corrected chi connectivity index (χ0v) is 14.4. The smallest absolute Gasteiger partial charge is 0.0942 e. The first-order valence-electron chi connectivity index (χ1n) is 7.96. The van der Waals surface area contributed by atoms with Crippen molar-refractivity contribution in [1.82, 2.24) is 9.97 Å². The fourth-order valence-corrected chi connectivity index (χ4v) is 4.53. The molecule has 1 aromatic carbocycles. The third-order valence-corrected chi connectivity index (χ3v) is 5.43. The Bertz CT molecular complexity index is 952. The third-order valence-electron chi connectivity index (χ3n) is 4.78. The lowest BCUT2D eigenvalue weighted by Gasteiger charge is -2.36. The van der Waals surface area contributed by atoms with Crippen molar-refractivity contribution in [2.75, 3.05) is 4.90 Å². The second-order valence-corrected chi connectivity index (χ2v) is 6.86. The van der Waals surface area contributed by atoms with Crippen LogP contribution in [0, 0.1) is 0 Å². The van der Waals surface area contributed by atoms with Gasteiger partial charge in [0.1, 0.15) is 0 Å². The second kappa shape index (κ2) is 5.28. The molecule has 3 nitrogen and oxygen atoms in total. The fraction of sp³-hybridized carbons (Fsp3) is 0.100. The molecule has 0 saturated carbocycles. The molecule has 0 saturated heterocycles. The van der Waals surface area contributed by atoms with E-state index in [9.17, 15) is 0 Å². The Morgan fingerprint density at radius 2 is 1.46 bits per heavy atom. The van der Waals surface area contributed by atoms with Crippen LogP contribution < -0.4 is 4.90 Å². The van der Waals surface area contributed by atoms with Crippen molar-refractivity contribution in [2.24, 2.45) is 0 Å². The number of rotatable bonds is 1. The highest BCUT2D eigenvalue weighted by molar-refractivity contribution is 9.11. The molecule has 2 atom stereocenters. The zero-order chi connectivity index (χ0) is 16.1. The van der Waals surface area contributed by atoms with Gasteiger partial charge in [0.05, 0.1) is 22.0 Å². The minimum Gasteiger partial charge on any atom is -0.327 e. The molecule has 2 unspecified atom stereocenters. The Labute approximate surface area is 148 Å². The van der Waals surface area contributed by atoms with E-state index in [0.29, 0.717) is 0 Å². The number of pyridine rings is 2. The molecule has 1 aliphatic carbocycles. The SMILES string of the molecule is BrC1=CC2c3cccnc3-c3ncccc3C2N1c1ccccc1. The Hall–Kier alpha value is -2.46. The molecular formula is C20H14BrN3. The van der Waals surface area contributed by atoms with Crippen LogP contribution in [0.5, 0.6) is 0 Å². The Morgan fingerprint density at radius 3 is 2.21 bits per heavy atom. The summed E-state index contributed by atoms with van der Waals surface area (Å²) in [5.41, 5.74) is 5.63. The van der Waals surface area contributed by atoms with E-state index in [2.05, 4.69) is 73.3 Å². The first-order chi connectivity index (χ1) is 11.8. The molecule has 4 heteroatoms. The minimum atomic E-state index is 0.196. The lowest BCUT2D eigenvalue weighted by Crippen LogP contribution is -2.28. The summed E-state index contributed by atoms with van der Waals surface area (Å²) in [4.78, 5) is 11.6. The van der Waals surface area contributed by atoms with Gasteiger partial charge < -0.3 is 4.90 Å². The third kappa shape index (κ3) is 1.89. The Balaban J connectivity index is 1.76. The van der Waals surface area contributed by atoms with Gasteiger partial charge in [-0.2, -0.15) is 0 Å². The van der Waals surface area contributed by atoms with Crippen LogP contribution in [-0.4, -0.2) is 9.97 Å². The van der Waals surface area contributed by atoms with Crippen LogP contribution in [-0.2, 0) is 0 Å². The molecule has 2 aliphatic rings. The highest BCUT2D eigenvalue weighted by Crippen LogP contribution is 2.54. The van der Waals surface area contributed by atoms with Gasteiger partial charge in [0.2, 0.25) is 0 Å². The van der Waals surface area contributed by atoms with Crippen molar-refractivity contribution in [3.8, 4) is 11.4 Å². The van der Waals surface area contributed by atoms with Crippen LogP contribution in [0.3, 0.4) is 0 Å². The van der Waals surface area contributed by atoms with Crippen molar-refractivity contribution < 1.29 is 0 Å². The van der Waals surface area contributed by atoms with Gasteiger partial charge >= 0.3 is 0 Å². The van der Waals surface area contributed by atoms with E-state index in [-0.39, 0.29) is 12.0 Å². The summed E-state index contributed by atoms with van der Waals surface area (Å²) in [6, 6.07) is 19.0. The predicted octanol–water partition coefficient (Wildman–Crippen LogP) is 5.04. The number of hydrogen-bond acceptors (Lipinski definition) is 3. The number of anilines is 1. The lowest BCUT2D eigenvalue weighted by atomic mass is 9.80. The molecule has 0 bridgehead atoms. The van der Waals surface area contributed by atoms with Gasteiger partial charge in [-0.15, -0.1) is 0 Å². The van der Waals surface area contributed by atoms with Gasteiger partial charge in [-0.1, -0.05) is 30.3 Å². The van der Waals surface area contributed by atoms with Crippen LogP contribution >= 0.6 is 15.9 Å². The van der Waals surface area contributed by atoms with Gasteiger partial charge in [0, 0.05) is 29.6 Å². The standard InChI is InChI=1S/C20H14BrN3/c21-17-12-16-14-8-4-10-22-18(14)19-15(9-5-11-23-19)20(16)24(17)13-6-2-1-3-7-13/h1-12,16,20H. The van der Waals surface area contributed by atoms with Crippen molar-refractivity contribution in [3.05, 3.63) is 88.8 Å². The van der Waals surface area contributed by atoms with Gasteiger partial charge in [0.25, 0.3) is 0 Å². The maximum Gasteiger partial charge on any atom is 0.0942 e. The molecule has 0 amide bonds. The topological polar surface area (TPSA) is 29.0 Å². The largest absolute Gasteiger partial charge is 0.327 e. The summed E-state index contributed by atoms with van der Waals surface area (Å²) in [5, 5.41) is 0. The van der Waals surface area contributed by atoms with E-state index in [1.807, 2.05) is 30.6 Å². The number of fused-ring (bicyclic) bond motifs is 6. The van der Waals surface area contributed by atoms with Crippen molar-refractivity contribution in [3.63, 3.8) is 0 Å². The summed E-state index contributed by atoms with van der Waals surface area (Å²) in [6.07, 6.45) is 5.98. The van der Waals surface area contributed by atoms with E-state index in [0.717, 1.165) is 16.0 Å². The highest BCUT2D eigenvalue weighted by Gasteiger charge is 2.42. The van der Waals surface area contributed by atoms with Gasteiger partial charge in [0.15, 0.2) is 0 Å². The number of para-hydroxylation sites is 1. The molecule has 116 valence electrons.